The molecule has 2 saturated carbocycles. The van der Waals surface area contributed by atoms with E-state index in [0.29, 0.717) is 23.4 Å². The van der Waals surface area contributed by atoms with E-state index in [0.717, 1.165) is 50.6 Å². The van der Waals surface area contributed by atoms with Gasteiger partial charge in [-0.1, -0.05) is 32.1 Å². The molecule has 2 aliphatic carbocycles. The average Bonchev–Trinajstić information content (AvgIpc) is 3.90. The molecule has 2 unspecified atom stereocenters. The van der Waals surface area contributed by atoms with Crippen LogP contribution in [-0.4, -0.2) is 95.1 Å². The van der Waals surface area contributed by atoms with Crippen LogP contribution >= 0.6 is 15.4 Å². The van der Waals surface area contributed by atoms with E-state index in [2.05, 4.69) is 61.3 Å². The van der Waals surface area contributed by atoms with Gasteiger partial charge in [0.15, 0.2) is 0 Å². The van der Waals surface area contributed by atoms with Crippen LogP contribution in [0.5, 0.6) is 11.5 Å². The summed E-state index contributed by atoms with van der Waals surface area (Å²) in [5.41, 5.74) is 5.74. The third-order valence-corrected chi connectivity index (χ3v) is 19.0. The van der Waals surface area contributed by atoms with Gasteiger partial charge < -0.3 is 33.8 Å². The van der Waals surface area contributed by atoms with E-state index in [-0.39, 0.29) is 31.9 Å². The number of aryl methyl sites for hydroxylation is 4. The maximum atomic E-state index is 8.17. The van der Waals surface area contributed by atoms with Crippen molar-refractivity contribution in [1.82, 2.24) is 9.34 Å². The van der Waals surface area contributed by atoms with E-state index in [1.807, 2.05) is 14.2 Å². The van der Waals surface area contributed by atoms with Gasteiger partial charge in [-0.3, -0.25) is 0 Å². The molecule has 292 valence electrons. The average molecular weight is 796 g/mol. The smallest absolute Gasteiger partial charge is 0.496 e. The van der Waals surface area contributed by atoms with Crippen LogP contribution in [0.4, 0.5) is 0 Å². The molecule has 6 nitrogen and oxygen atoms in total. The van der Waals surface area contributed by atoms with Gasteiger partial charge in [-0.15, -0.1) is 0 Å². The largest absolute Gasteiger partial charge is 2.00 e. The third kappa shape index (κ3) is 10.2. The second kappa shape index (κ2) is 22.2. The molecular weight excluding hydrogens is 725 g/mol. The topological polar surface area (TPSA) is 43.4 Å². The molecule has 0 aromatic heterocycles. The predicted octanol–water partition coefficient (Wildman–Crippen LogP) is 9.29. The summed E-state index contributed by atoms with van der Waals surface area (Å²) in [5.74, 6) is 1.99. The Morgan fingerprint density at radius 2 is 1.00 bits per heavy atom. The molecule has 0 spiro atoms. The SMILES string of the molecule is C1CCCC1.[B][P+](C1CCCC1P(c1cc(C)c(OC)c(C)c1)c1cc(C)c(OC)c(C)c1)(N1CCC[C@H]1COC)N1CCC[C@H]1COC.[CH3-].[CH3-].[Fe+2]. The monoisotopic (exact) mass is 795 g/mol. The fourth-order valence-corrected chi connectivity index (χ4v) is 18.5. The van der Waals surface area contributed by atoms with E-state index in [4.69, 9.17) is 26.5 Å². The zero-order valence-corrected chi connectivity index (χ0v) is 37.2. The van der Waals surface area contributed by atoms with Crippen LogP contribution in [0.2, 0.25) is 0 Å². The van der Waals surface area contributed by atoms with Gasteiger partial charge in [0.2, 0.25) is 0 Å². The minimum atomic E-state index is -2.24. The van der Waals surface area contributed by atoms with Crippen molar-refractivity contribution >= 4 is 33.5 Å². The Bertz CT molecular complexity index is 1240. The molecule has 2 heterocycles. The summed E-state index contributed by atoms with van der Waals surface area (Å²) in [4.78, 5) is 0. The molecule has 4 aliphatic rings. The summed E-state index contributed by atoms with van der Waals surface area (Å²) in [6.45, 7) is 12.4. The molecular formula is C42H70BFeN2O4P2+. The fraction of sp³-hybridized carbons (Fsp3) is 0.667. The molecule has 2 saturated heterocycles. The van der Waals surface area contributed by atoms with Crippen LogP contribution in [0.15, 0.2) is 24.3 Å². The summed E-state index contributed by atoms with van der Waals surface area (Å²) >= 11 is 0. The number of hydrogen-bond acceptors (Lipinski definition) is 6. The van der Waals surface area contributed by atoms with Gasteiger partial charge in [-0.25, -0.2) is 0 Å². The Morgan fingerprint density at radius 1 is 0.615 bits per heavy atom. The van der Waals surface area contributed by atoms with Crippen molar-refractivity contribution in [2.45, 2.75) is 128 Å². The molecule has 52 heavy (non-hydrogen) atoms. The van der Waals surface area contributed by atoms with Crippen molar-refractivity contribution in [3.05, 3.63) is 61.4 Å². The normalized spacial score (nSPS) is 23.4. The van der Waals surface area contributed by atoms with Crippen molar-refractivity contribution < 1.29 is 36.0 Å². The van der Waals surface area contributed by atoms with E-state index in [1.54, 1.807) is 14.2 Å². The molecule has 2 aromatic carbocycles. The Hall–Kier alpha value is -0.676. The molecule has 0 amide bonds. The Kier molecular flexibility index (Phi) is 20.2. The van der Waals surface area contributed by atoms with Crippen LogP contribution in [-0.2, 0) is 26.5 Å². The first-order valence-corrected chi connectivity index (χ1v) is 22.2. The molecule has 0 bridgehead atoms. The van der Waals surface area contributed by atoms with Crippen molar-refractivity contribution in [3.63, 3.8) is 0 Å². The van der Waals surface area contributed by atoms with Crippen LogP contribution < -0.4 is 20.1 Å². The molecule has 4 atom stereocenters. The molecule has 6 rings (SSSR count). The van der Waals surface area contributed by atoms with Crippen molar-refractivity contribution in [1.29, 1.82) is 0 Å². The van der Waals surface area contributed by atoms with Gasteiger partial charge in [-0.2, -0.15) is 9.34 Å². The summed E-state index contributed by atoms with van der Waals surface area (Å²) < 4.78 is 28.8. The van der Waals surface area contributed by atoms with Crippen LogP contribution in [0.25, 0.3) is 0 Å². The van der Waals surface area contributed by atoms with Gasteiger partial charge in [0, 0.05) is 33.0 Å². The number of hydrogen-bond donors (Lipinski definition) is 0. The minimum Gasteiger partial charge on any atom is -0.496 e. The standard InChI is InChI=1S/C35H54BN2O4P2.C5H10.2CH3.Fe/c1-24-18-30(19-25(2)34(24)41-7)43(31-20-26(3)35(42-8)27(4)21-31)32-14-9-15-33(32)44(36,37-16-10-12-28(37)22-39-5)38-17-11-13-29(38)23-40-6;1-2-4-5-3-1;;;/h18-21,28-29,32-33H,9-17,22-23H2,1-8H3;1-5H2;2*1H3;/q+1;;2*-1;+2/t28-,29-,32?,33?;;;;/m0..../s1. The molecule has 4 fully saturated rings. The van der Waals surface area contributed by atoms with Gasteiger partial charge in [0.1, 0.15) is 18.9 Å². The number of ether oxygens (including phenoxy) is 4. The van der Waals surface area contributed by atoms with Crippen LogP contribution in [0.1, 0.15) is 99.3 Å². The first-order chi connectivity index (χ1) is 23.7. The van der Waals surface area contributed by atoms with Crippen LogP contribution in [0, 0.1) is 42.5 Å². The molecule has 2 aliphatic heterocycles. The molecule has 2 radical (unpaired) electrons. The summed E-state index contributed by atoms with van der Waals surface area (Å²) in [6, 6.07) is 10.4. The molecule has 10 heteroatoms. The number of rotatable bonds is 12. The van der Waals surface area contributed by atoms with E-state index >= 15 is 0 Å². The second-order valence-electron chi connectivity index (χ2n) is 15.0. The maximum Gasteiger partial charge on any atom is 2.00 e. The Morgan fingerprint density at radius 3 is 1.35 bits per heavy atom. The van der Waals surface area contributed by atoms with E-state index in [9.17, 15) is 0 Å². The van der Waals surface area contributed by atoms with E-state index in [1.165, 1.54) is 97.1 Å². The first-order valence-electron chi connectivity index (χ1n) is 19.0. The first kappa shape index (κ1) is 47.5. The van der Waals surface area contributed by atoms with Crippen molar-refractivity contribution in [2.24, 2.45) is 0 Å². The van der Waals surface area contributed by atoms with E-state index < -0.39 is 15.4 Å². The number of nitrogens with zero attached hydrogens (tertiary/aromatic N) is 2. The Labute approximate surface area is 333 Å². The number of benzene rings is 2. The summed E-state index contributed by atoms with van der Waals surface area (Å²) in [5, 5.41) is 2.88. The fourth-order valence-electron chi connectivity index (χ4n) is 9.59. The second-order valence-corrected chi connectivity index (χ2v) is 20.5. The summed E-state index contributed by atoms with van der Waals surface area (Å²) in [6.07, 6.45) is 15.8. The number of methoxy groups -OCH3 is 4. The molecule has 2 aromatic rings. The zero-order valence-electron chi connectivity index (χ0n) is 34.3. The third-order valence-electron chi connectivity index (χ3n) is 11.6. The molecule has 0 N–H and O–H groups in total. The zero-order chi connectivity index (χ0) is 35.1. The summed E-state index contributed by atoms with van der Waals surface area (Å²) in [7, 11) is 12.5. The van der Waals surface area contributed by atoms with Gasteiger partial charge in [0.05, 0.1) is 45.2 Å². The van der Waals surface area contributed by atoms with Gasteiger partial charge in [0.25, 0.3) is 0 Å². The maximum absolute atomic E-state index is 8.17. The van der Waals surface area contributed by atoms with Gasteiger partial charge in [-0.05, 0) is 138 Å². The quantitative estimate of drug-likeness (QED) is 0.121. The minimum absolute atomic E-state index is 0. The Balaban J connectivity index is 0.00000108. The van der Waals surface area contributed by atoms with Crippen molar-refractivity contribution in [2.75, 3.05) is 54.7 Å². The van der Waals surface area contributed by atoms with Crippen LogP contribution in [0.3, 0.4) is 0 Å². The van der Waals surface area contributed by atoms with Gasteiger partial charge >= 0.3 is 24.6 Å². The van der Waals surface area contributed by atoms with Crippen molar-refractivity contribution in [3.8, 4) is 11.5 Å². The predicted molar refractivity (Wildman–Crippen MR) is 224 cm³/mol.